The van der Waals surface area contributed by atoms with Crippen molar-refractivity contribution < 1.29 is 0 Å². The second-order valence-electron chi connectivity index (χ2n) is 3.81. The van der Waals surface area contributed by atoms with Gasteiger partial charge in [0.25, 0.3) is 0 Å². The maximum Gasteiger partial charge on any atom is 0.105 e. The Morgan fingerprint density at radius 1 is 1.00 bits per heavy atom. The number of benzene rings is 2. The fourth-order valence-corrected chi connectivity index (χ4v) is 2.15. The number of para-hydroxylation sites is 1. The van der Waals surface area contributed by atoms with Crippen molar-refractivity contribution in [2.24, 2.45) is 0 Å². The summed E-state index contributed by atoms with van der Waals surface area (Å²) in [7, 11) is 0. The molecule has 2 aromatic rings. The molecule has 0 aliphatic carbocycles. The maximum atomic E-state index is 6.25. The van der Waals surface area contributed by atoms with E-state index in [2.05, 4.69) is 5.32 Å². The van der Waals surface area contributed by atoms with Gasteiger partial charge in [-0.1, -0.05) is 53.5 Å². The van der Waals surface area contributed by atoms with Crippen LogP contribution in [-0.4, -0.2) is 5.50 Å². The smallest absolute Gasteiger partial charge is 0.105 e. The normalized spacial score (nSPS) is 12.1. The molecule has 0 aromatic heterocycles. The number of hydrogen-bond acceptors (Lipinski definition) is 1. The lowest BCUT2D eigenvalue weighted by Crippen LogP contribution is -2.15. The molecule has 1 nitrogen and oxygen atoms in total. The Balaban J connectivity index is 1.96. The quantitative estimate of drug-likeness (QED) is 0.631. The molecule has 0 aliphatic rings. The molecule has 1 N–H and O–H groups in total. The molecule has 0 fully saturated rings. The van der Waals surface area contributed by atoms with Crippen LogP contribution in [0.3, 0.4) is 0 Å². The van der Waals surface area contributed by atoms with Crippen LogP contribution in [0.1, 0.15) is 5.56 Å². The SMILES string of the molecule is Clc1cccc(CC(Cl)Nc2ccccc2)c1. The molecule has 0 amide bonds. The van der Waals surface area contributed by atoms with E-state index < -0.39 is 0 Å². The van der Waals surface area contributed by atoms with E-state index in [1.165, 1.54) is 0 Å². The lowest BCUT2D eigenvalue weighted by molar-refractivity contribution is 0.945. The minimum Gasteiger partial charge on any atom is -0.369 e. The van der Waals surface area contributed by atoms with E-state index in [1.54, 1.807) is 0 Å². The van der Waals surface area contributed by atoms with Gasteiger partial charge in [-0.2, -0.15) is 0 Å². The number of halogens is 2. The summed E-state index contributed by atoms with van der Waals surface area (Å²) in [5.41, 5.74) is 2.01. The van der Waals surface area contributed by atoms with E-state index in [1.807, 2.05) is 54.6 Å². The molecule has 2 aromatic carbocycles. The molecule has 0 bridgehead atoms. The molecule has 0 radical (unpaired) electrons. The number of hydrogen-bond donors (Lipinski definition) is 1. The van der Waals surface area contributed by atoms with Crippen LogP contribution in [0.15, 0.2) is 54.6 Å². The minimum atomic E-state index is -0.143. The van der Waals surface area contributed by atoms with Crippen LogP contribution in [0.4, 0.5) is 5.69 Å². The summed E-state index contributed by atoms with van der Waals surface area (Å²) in [5.74, 6) is 0. The van der Waals surface area contributed by atoms with E-state index in [9.17, 15) is 0 Å². The van der Waals surface area contributed by atoms with Gasteiger partial charge in [-0.3, -0.25) is 0 Å². The fraction of sp³-hybridized carbons (Fsp3) is 0.143. The van der Waals surface area contributed by atoms with Gasteiger partial charge in [0, 0.05) is 17.1 Å². The average Bonchev–Trinajstić information content (AvgIpc) is 2.30. The standard InChI is InChI=1S/C14H13Cl2N/c15-12-6-4-5-11(9-12)10-14(16)17-13-7-2-1-3-8-13/h1-9,14,17H,10H2. The summed E-state index contributed by atoms with van der Waals surface area (Å²) in [5, 5.41) is 3.97. The van der Waals surface area contributed by atoms with Crippen molar-refractivity contribution in [2.75, 3.05) is 5.32 Å². The number of anilines is 1. The van der Waals surface area contributed by atoms with Crippen molar-refractivity contribution in [1.82, 2.24) is 0 Å². The zero-order valence-electron chi connectivity index (χ0n) is 9.24. The molecule has 1 unspecified atom stereocenters. The monoisotopic (exact) mass is 265 g/mol. The summed E-state index contributed by atoms with van der Waals surface area (Å²) in [6, 6.07) is 17.7. The molecular formula is C14H13Cl2N. The maximum absolute atomic E-state index is 6.25. The van der Waals surface area contributed by atoms with Crippen LogP contribution < -0.4 is 5.32 Å². The van der Waals surface area contributed by atoms with Gasteiger partial charge in [0.1, 0.15) is 5.50 Å². The van der Waals surface area contributed by atoms with E-state index >= 15 is 0 Å². The average molecular weight is 266 g/mol. The van der Waals surface area contributed by atoms with Crippen molar-refractivity contribution in [3.05, 3.63) is 65.2 Å². The third-order valence-electron chi connectivity index (χ3n) is 2.40. The summed E-state index contributed by atoms with van der Waals surface area (Å²) in [6.07, 6.45) is 0.733. The van der Waals surface area contributed by atoms with Crippen LogP contribution in [0, 0.1) is 0 Å². The first-order chi connectivity index (χ1) is 8.24. The van der Waals surface area contributed by atoms with E-state index in [0.29, 0.717) is 0 Å². The largest absolute Gasteiger partial charge is 0.369 e. The highest BCUT2D eigenvalue weighted by atomic mass is 35.5. The molecule has 1 atom stereocenters. The highest BCUT2D eigenvalue weighted by Gasteiger charge is 2.05. The van der Waals surface area contributed by atoms with Crippen LogP contribution in [0.25, 0.3) is 0 Å². The Morgan fingerprint density at radius 3 is 2.47 bits per heavy atom. The summed E-state index contributed by atoms with van der Waals surface area (Å²) >= 11 is 12.2. The van der Waals surface area contributed by atoms with Gasteiger partial charge in [-0.05, 0) is 29.8 Å². The number of alkyl halides is 1. The van der Waals surface area contributed by atoms with Crippen LogP contribution >= 0.6 is 23.2 Å². The zero-order valence-corrected chi connectivity index (χ0v) is 10.7. The summed E-state index contributed by atoms with van der Waals surface area (Å²) in [6.45, 7) is 0. The Hall–Kier alpha value is -1.18. The van der Waals surface area contributed by atoms with Crippen LogP contribution in [0.5, 0.6) is 0 Å². The fourth-order valence-electron chi connectivity index (χ4n) is 1.64. The molecule has 0 spiro atoms. The Kier molecular flexibility index (Phi) is 4.29. The van der Waals surface area contributed by atoms with Crippen molar-refractivity contribution >= 4 is 28.9 Å². The number of nitrogens with one attached hydrogen (secondary N) is 1. The van der Waals surface area contributed by atoms with Crippen LogP contribution in [0.2, 0.25) is 5.02 Å². The zero-order chi connectivity index (χ0) is 12.1. The van der Waals surface area contributed by atoms with Gasteiger partial charge >= 0.3 is 0 Å². The molecule has 17 heavy (non-hydrogen) atoms. The highest BCUT2D eigenvalue weighted by molar-refractivity contribution is 6.30. The van der Waals surface area contributed by atoms with Gasteiger partial charge < -0.3 is 5.32 Å². The third-order valence-corrected chi connectivity index (χ3v) is 2.90. The van der Waals surface area contributed by atoms with E-state index in [-0.39, 0.29) is 5.50 Å². The lowest BCUT2D eigenvalue weighted by Gasteiger charge is -2.13. The minimum absolute atomic E-state index is 0.143. The van der Waals surface area contributed by atoms with Gasteiger partial charge in [0.15, 0.2) is 0 Å². The van der Waals surface area contributed by atoms with Crippen LogP contribution in [-0.2, 0) is 6.42 Å². The molecular weight excluding hydrogens is 253 g/mol. The first kappa shape index (κ1) is 12.3. The Bertz CT molecular complexity index is 471. The molecule has 3 heteroatoms. The van der Waals surface area contributed by atoms with Crippen molar-refractivity contribution in [3.8, 4) is 0 Å². The topological polar surface area (TPSA) is 12.0 Å². The third kappa shape index (κ3) is 3.95. The van der Waals surface area contributed by atoms with Crippen molar-refractivity contribution in [3.63, 3.8) is 0 Å². The van der Waals surface area contributed by atoms with Crippen molar-refractivity contribution in [2.45, 2.75) is 11.9 Å². The summed E-state index contributed by atoms with van der Waals surface area (Å²) < 4.78 is 0. The van der Waals surface area contributed by atoms with Gasteiger partial charge in [-0.15, -0.1) is 0 Å². The van der Waals surface area contributed by atoms with Crippen molar-refractivity contribution in [1.29, 1.82) is 0 Å². The van der Waals surface area contributed by atoms with E-state index in [4.69, 9.17) is 23.2 Å². The Morgan fingerprint density at radius 2 is 1.76 bits per heavy atom. The molecule has 2 rings (SSSR count). The second-order valence-corrected chi connectivity index (χ2v) is 4.78. The Labute approximate surface area is 111 Å². The highest BCUT2D eigenvalue weighted by Crippen LogP contribution is 2.16. The van der Waals surface area contributed by atoms with Gasteiger partial charge in [-0.25, -0.2) is 0 Å². The lowest BCUT2D eigenvalue weighted by atomic mass is 10.1. The molecule has 0 aliphatic heterocycles. The van der Waals surface area contributed by atoms with Gasteiger partial charge in [0.05, 0.1) is 0 Å². The van der Waals surface area contributed by atoms with E-state index in [0.717, 1.165) is 22.7 Å². The molecule has 88 valence electrons. The molecule has 0 saturated heterocycles. The number of rotatable bonds is 4. The predicted molar refractivity (Wildman–Crippen MR) is 74.9 cm³/mol. The molecule has 0 saturated carbocycles. The summed E-state index contributed by atoms with van der Waals surface area (Å²) in [4.78, 5) is 0. The first-order valence-electron chi connectivity index (χ1n) is 5.44. The predicted octanol–water partition coefficient (Wildman–Crippen LogP) is 4.56. The van der Waals surface area contributed by atoms with Gasteiger partial charge in [0.2, 0.25) is 0 Å². The molecule has 0 heterocycles. The second kappa shape index (κ2) is 5.95. The first-order valence-corrected chi connectivity index (χ1v) is 6.25.